The molecule has 216 valence electrons. The van der Waals surface area contributed by atoms with Crippen LogP contribution in [0.1, 0.15) is 15.9 Å². The predicted molar refractivity (Wildman–Crippen MR) is 99.4 cm³/mol. The van der Waals surface area contributed by atoms with Crippen LogP contribution in [0.25, 0.3) is 0 Å². The van der Waals surface area contributed by atoms with Crippen LogP contribution in [0.4, 0.5) is 68.5 Å². The molecule has 0 saturated carbocycles. The summed E-state index contributed by atoms with van der Waals surface area (Å²) >= 11 is 0. The Morgan fingerprint density at radius 2 is 1.28 bits per heavy atom. The summed E-state index contributed by atoms with van der Waals surface area (Å²) in [6, 6.07) is 5.02. The molecule has 0 spiro atoms. The van der Waals surface area contributed by atoms with E-state index >= 15 is 0 Å². The molecular weight excluding hydrogens is 583 g/mol. The van der Waals surface area contributed by atoms with Crippen LogP contribution in [0.2, 0.25) is 0 Å². The molecule has 2 aromatic carbocycles. The molecule has 0 aromatic heterocycles. The van der Waals surface area contributed by atoms with Gasteiger partial charge in [-0.25, -0.2) is 9.47 Å². The van der Waals surface area contributed by atoms with Crippen LogP contribution in [0, 0.1) is 10.1 Å². The predicted octanol–water partition coefficient (Wildman–Crippen LogP) is 6.91. The Labute approximate surface area is 206 Å². The fraction of sp³-hybridized carbons (Fsp3) is 0.316. The Balaban J connectivity index is 2.34. The fourth-order valence-electron chi connectivity index (χ4n) is 2.59. The number of halogens is 13. The second-order valence-corrected chi connectivity index (χ2v) is 7.19. The second-order valence-electron chi connectivity index (χ2n) is 7.19. The largest absolute Gasteiger partial charge is 0.527 e. The first kappa shape index (κ1) is 31.5. The number of benzene rings is 2. The van der Waals surface area contributed by atoms with E-state index in [9.17, 15) is 72.0 Å². The van der Waals surface area contributed by atoms with E-state index in [2.05, 4.69) is 0 Å². The molecule has 0 fully saturated rings. The highest BCUT2D eigenvalue weighted by Gasteiger charge is 2.80. The van der Waals surface area contributed by atoms with E-state index in [1.807, 2.05) is 10.1 Å². The molecule has 7 nitrogen and oxygen atoms in total. The van der Waals surface area contributed by atoms with Gasteiger partial charge < -0.3 is 5.32 Å². The zero-order chi connectivity index (χ0) is 30.2. The van der Waals surface area contributed by atoms with Crippen LogP contribution in [0.15, 0.2) is 48.5 Å². The first-order valence-corrected chi connectivity index (χ1v) is 9.46. The highest BCUT2D eigenvalue weighted by Crippen LogP contribution is 2.54. The van der Waals surface area contributed by atoms with Crippen LogP contribution in [0.3, 0.4) is 0 Å². The third-order valence-corrected chi connectivity index (χ3v) is 4.40. The standard InChI is InChI=1S/C19H9F13N2O5/c20-14(21,16(24,25)38-17(26,27)15(22,23)18(28,29)39-19(30,31)32)10-4-2-5-11(8-10)33-13(35)9-3-1-6-12(7-9)34(36)37/h1-8H,(H,33,35). The molecule has 0 heterocycles. The number of amides is 1. The number of carbonyl (C=O) groups excluding carboxylic acids is 1. The highest BCUT2D eigenvalue weighted by molar-refractivity contribution is 6.04. The van der Waals surface area contributed by atoms with E-state index in [4.69, 9.17) is 0 Å². The summed E-state index contributed by atoms with van der Waals surface area (Å²) in [4.78, 5) is 22.1. The Bertz CT molecular complexity index is 1230. The molecule has 0 bridgehead atoms. The van der Waals surface area contributed by atoms with E-state index in [1.165, 1.54) is 4.74 Å². The lowest BCUT2D eigenvalue weighted by molar-refractivity contribution is -0.535. The summed E-state index contributed by atoms with van der Waals surface area (Å²) < 4.78 is 176. The number of nitro benzene ring substituents is 1. The van der Waals surface area contributed by atoms with Gasteiger partial charge in [0.1, 0.15) is 0 Å². The van der Waals surface area contributed by atoms with Gasteiger partial charge in [0, 0.05) is 28.9 Å². The normalized spacial score (nSPS) is 13.8. The van der Waals surface area contributed by atoms with Crippen molar-refractivity contribution in [1.82, 2.24) is 0 Å². The number of rotatable bonds is 10. The topological polar surface area (TPSA) is 90.7 Å². The summed E-state index contributed by atoms with van der Waals surface area (Å²) in [6.45, 7) is 0. The van der Waals surface area contributed by atoms with Gasteiger partial charge in [-0.3, -0.25) is 14.9 Å². The number of alkyl halides is 13. The van der Waals surface area contributed by atoms with Crippen LogP contribution in [-0.4, -0.2) is 41.4 Å². The molecule has 0 atom stereocenters. The van der Waals surface area contributed by atoms with Gasteiger partial charge in [-0.1, -0.05) is 18.2 Å². The van der Waals surface area contributed by atoms with Crippen molar-refractivity contribution in [2.24, 2.45) is 0 Å². The molecule has 0 aliphatic carbocycles. The molecule has 0 saturated heterocycles. The van der Waals surface area contributed by atoms with E-state index in [1.54, 1.807) is 0 Å². The van der Waals surface area contributed by atoms with Crippen molar-refractivity contribution in [2.45, 2.75) is 36.5 Å². The number of nitrogens with one attached hydrogen (secondary N) is 1. The maximum absolute atomic E-state index is 14.4. The molecule has 0 aliphatic heterocycles. The first-order chi connectivity index (χ1) is 17.4. The van der Waals surface area contributed by atoms with Crippen molar-refractivity contribution in [3.8, 4) is 0 Å². The van der Waals surface area contributed by atoms with Gasteiger partial charge in [-0.15, -0.1) is 13.2 Å². The molecule has 1 N–H and O–H groups in total. The van der Waals surface area contributed by atoms with Gasteiger partial charge in [-0.05, 0) is 18.2 Å². The summed E-state index contributed by atoms with van der Waals surface area (Å²) in [5.74, 6) is -14.9. The maximum Gasteiger partial charge on any atom is 0.527 e. The van der Waals surface area contributed by atoms with Gasteiger partial charge in [-0.2, -0.15) is 43.9 Å². The summed E-state index contributed by atoms with van der Waals surface area (Å²) in [6.07, 6.45) is -28.2. The van der Waals surface area contributed by atoms with Crippen LogP contribution < -0.4 is 5.32 Å². The molecule has 1 amide bonds. The molecule has 0 radical (unpaired) electrons. The highest BCUT2D eigenvalue weighted by atomic mass is 19.4. The molecule has 0 aliphatic rings. The Morgan fingerprint density at radius 1 is 0.744 bits per heavy atom. The van der Waals surface area contributed by atoms with Crippen molar-refractivity contribution in [3.05, 3.63) is 69.8 Å². The van der Waals surface area contributed by atoms with Gasteiger partial charge in [0.05, 0.1) is 4.92 Å². The van der Waals surface area contributed by atoms with Gasteiger partial charge in [0.25, 0.3) is 11.6 Å². The molecular formula is C19H9F13N2O5. The van der Waals surface area contributed by atoms with Crippen LogP contribution in [-0.2, 0) is 15.4 Å². The summed E-state index contributed by atoms with van der Waals surface area (Å²) in [7, 11) is 0. The number of ether oxygens (including phenoxy) is 2. The third kappa shape index (κ3) is 6.67. The molecule has 2 rings (SSSR count). The summed E-state index contributed by atoms with van der Waals surface area (Å²) in [5, 5.41) is 12.6. The van der Waals surface area contributed by atoms with E-state index in [-0.39, 0.29) is 12.1 Å². The third-order valence-electron chi connectivity index (χ3n) is 4.40. The van der Waals surface area contributed by atoms with Gasteiger partial charge in [0.2, 0.25) is 0 Å². The van der Waals surface area contributed by atoms with Crippen molar-refractivity contribution < 1.29 is 76.3 Å². The average molecular weight is 592 g/mol. The maximum atomic E-state index is 14.4. The van der Waals surface area contributed by atoms with Crippen molar-refractivity contribution in [1.29, 1.82) is 0 Å². The van der Waals surface area contributed by atoms with Crippen molar-refractivity contribution in [3.63, 3.8) is 0 Å². The average Bonchev–Trinajstić information content (AvgIpc) is 2.76. The smallest absolute Gasteiger partial charge is 0.322 e. The minimum absolute atomic E-state index is 0.0236. The van der Waals surface area contributed by atoms with E-state index in [0.717, 1.165) is 30.3 Å². The van der Waals surface area contributed by atoms with Gasteiger partial charge in [0.15, 0.2) is 0 Å². The van der Waals surface area contributed by atoms with Crippen LogP contribution in [0.5, 0.6) is 0 Å². The SMILES string of the molecule is O=C(Nc1cccc(C(F)(F)C(F)(F)OC(F)(F)C(F)(F)C(F)(F)OC(F)(F)F)c1)c1cccc([N+](=O)[O-])c1. The van der Waals surface area contributed by atoms with E-state index in [0.29, 0.717) is 6.07 Å². The molecule has 2 aromatic rings. The second kappa shape index (κ2) is 10.1. The number of non-ortho nitro benzene ring substituents is 1. The number of anilines is 1. The van der Waals surface area contributed by atoms with Crippen molar-refractivity contribution >= 4 is 17.3 Å². The lowest BCUT2D eigenvalue weighted by Crippen LogP contribution is -2.61. The molecule has 39 heavy (non-hydrogen) atoms. The number of hydrogen-bond acceptors (Lipinski definition) is 5. The zero-order valence-corrected chi connectivity index (χ0v) is 18.0. The fourth-order valence-corrected chi connectivity index (χ4v) is 2.59. The molecule has 0 unspecified atom stereocenters. The first-order valence-electron chi connectivity index (χ1n) is 9.46. The Kier molecular flexibility index (Phi) is 8.19. The lowest BCUT2D eigenvalue weighted by atomic mass is 10.1. The minimum Gasteiger partial charge on any atom is -0.322 e. The van der Waals surface area contributed by atoms with Crippen molar-refractivity contribution in [2.75, 3.05) is 5.32 Å². The number of nitrogens with zero attached hydrogens (tertiary/aromatic N) is 1. The number of carbonyl (C=O) groups is 1. The number of nitro groups is 1. The lowest BCUT2D eigenvalue weighted by Gasteiger charge is -2.35. The Hall–Kier alpha value is -3.68. The Morgan fingerprint density at radius 3 is 1.82 bits per heavy atom. The zero-order valence-electron chi connectivity index (χ0n) is 18.0. The van der Waals surface area contributed by atoms with Crippen LogP contribution >= 0.6 is 0 Å². The van der Waals surface area contributed by atoms with E-state index < -0.39 is 69.9 Å². The minimum atomic E-state index is -7.57. The molecule has 20 heteroatoms. The van der Waals surface area contributed by atoms with Gasteiger partial charge >= 0.3 is 36.5 Å². The monoisotopic (exact) mass is 592 g/mol. The quantitative estimate of drug-likeness (QED) is 0.184. The number of hydrogen-bond donors (Lipinski definition) is 1. The summed E-state index contributed by atoms with van der Waals surface area (Å²) in [5.41, 5.74) is -3.87.